The fourth-order valence-corrected chi connectivity index (χ4v) is 3.72. The van der Waals surface area contributed by atoms with Gasteiger partial charge in [0.25, 0.3) is 11.8 Å². The number of para-hydroxylation sites is 1. The second-order valence-corrected chi connectivity index (χ2v) is 9.57. The summed E-state index contributed by atoms with van der Waals surface area (Å²) >= 11 is 0. The van der Waals surface area contributed by atoms with Crippen molar-refractivity contribution in [2.45, 2.75) is 52.2 Å². The lowest BCUT2D eigenvalue weighted by Gasteiger charge is -2.19. The molecule has 0 fully saturated rings. The number of imide groups is 1. The smallest absolute Gasteiger partial charge is 0.407 e. The third-order valence-electron chi connectivity index (χ3n) is 5.45. The maximum atomic E-state index is 12.5. The van der Waals surface area contributed by atoms with Crippen LogP contribution in [-0.4, -0.2) is 53.3 Å². The van der Waals surface area contributed by atoms with E-state index in [4.69, 9.17) is 4.74 Å². The van der Waals surface area contributed by atoms with Gasteiger partial charge in [0, 0.05) is 38.2 Å². The van der Waals surface area contributed by atoms with E-state index in [9.17, 15) is 24.0 Å². The maximum absolute atomic E-state index is 12.5. The van der Waals surface area contributed by atoms with E-state index in [0.29, 0.717) is 28.8 Å². The molecule has 0 aliphatic carbocycles. The summed E-state index contributed by atoms with van der Waals surface area (Å²) in [5, 5.41) is 8.13. The first-order valence-corrected chi connectivity index (χ1v) is 12.1. The molecule has 1 aliphatic rings. The number of hydrogen-bond donors (Lipinski definition) is 3. The van der Waals surface area contributed by atoms with Crippen LogP contribution in [0.2, 0.25) is 0 Å². The van der Waals surface area contributed by atoms with Crippen LogP contribution in [0.5, 0.6) is 0 Å². The molecule has 196 valence electrons. The molecule has 0 saturated carbocycles. The molecule has 5 amide bonds. The fraction of sp³-hybridized carbons (Fsp3) is 0.370. The van der Waals surface area contributed by atoms with Gasteiger partial charge >= 0.3 is 6.09 Å². The van der Waals surface area contributed by atoms with E-state index in [0.717, 1.165) is 0 Å². The van der Waals surface area contributed by atoms with Crippen LogP contribution >= 0.6 is 0 Å². The summed E-state index contributed by atoms with van der Waals surface area (Å²) in [6, 6.07) is 13.7. The Morgan fingerprint density at radius 1 is 0.838 bits per heavy atom. The van der Waals surface area contributed by atoms with Gasteiger partial charge < -0.3 is 20.7 Å². The molecule has 1 aliphatic heterocycles. The Morgan fingerprint density at radius 2 is 1.46 bits per heavy atom. The first kappa shape index (κ1) is 27.4. The number of carbonyl (C=O) groups is 5. The first-order valence-electron chi connectivity index (χ1n) is 12.1. The molecule has 0 saturated heterocycles. The average molecular weight is 509 g/mol. The average Bonchev–Trinajstić information content (AvgIpc) is 3.07. The van der Waals surface area contributed by atoms with Gasteiger partial charge in [-0.15, -0.1) is 0 Å². The van der Waals surface area contributed by atoms with Crippen LogP contribution in [0.1, 0.15) is 66.3 Å². The summed E-state index contributed by atoms with van der Waals surface area (Å²) < 4.78 is 5.13. The predicted molar refractivity (Wildman–Crippen MR) is 137 cm³/mol. The molecule has 0 atom stereocenters. The molecule has 2 aromatic carbocycles. The minimum Gasteiger partial charge on any atom is -0.444 e. The lowest BCUT2D eigenvalue weighted by molar-refractivity contribution is -0.121. The van der Waals surface area contributed by atoms with E-state index in [1.165, 1.54) is 4.90 Å². The molecule has 10 heteroatoms. The van der Waals surface area contributed by atoms with Crippen molar-refractivity contribution >= 4 is 35.4 Å². The van der Waals surface area contributed by atoms with Crippen LogP contribution in [0.25, 0.3) is 0 Å². The number of nitrogens with one attached hydrogen (secondary N) is 3. The minimum absolute atomic E-state index is 0.0750. The zero-order chi connectivity index (χ0) is 27.0. The number of fused-ring (bicyclic) bond motifs is 1. The van der Waals surface area contributed by atoms with Gasteiger partial charge in [-0.05, 0) is 51.0 Å². The van der Waals surface area contributed by atoms with Crippen LogP contribution in [0.3, 0.4) is 0 Å². The highest BCUT2D eigenvalue weighted by Gasteiger charge is 2.34. The van der Waals surface area contributed by atoms with Crippen LogP contribution in [0.15, 0.2) is 48.5 Å². The largest absolute Gasteiger partial charge is 0.444 e. The molecular weight excluding hydrogens is 476 g/mol. The molecule has 0 unspecified atom stereocenters. The summed E-state index contributed by atoms with van der Waals surface area (Å²) in [5.41, 5.74) is 1.42. The van der Waals surface area contributed by atoms with E-state index in [-0.39, 0.29) is 56.1 Å². The molecule has 0 spiro atoms. The second kappa shape index (κ2) is 12.2. The molecule has 3 N–H and O–H groups in total. The highest BCUT2D eigenvalue weighted by atomic mass is 16.6. The maximum Gasteiger partial charge on any atom is 0.407 e. The number of benzene rings is 2. The Bertz CT molecular complexity index is 1150. The van der Waals surface area contributed by atoms with E-state index in [1.807, 2.05) is 0 Å². The normalized spacial score (nSPS) is 12.7. The molecule has 37 heavy (non-hydrogen) atoms. The van der Waals surface area contributed by atoms with Crippen molar-refractivity contribution in [1.29, 1.82) is 0 Å². The Labute approximate surface area is 215 Å². The number of alkyl carbamates (subject to hydrolysis) is 1. The fourth-order valence-electron chi connectivity index (χ4n) is 3.72. The third-order valence-corrected chi connectivity index (χ3v) is 5.45. The predicted octanol–water partition coefficient (Wildman–Crippen LogP) is 3.23. The molecule has 0 aromatic heterocycles. The second-order valence-electron chi connectivity index (χ2n) is 9.57. The Balaban J connectivity index is 1.42. The summed E-state index contributed by atoms with van der Waals surface area (Å²) in [4.78, 5) is 62.4. The van der Waals surface area contributed by atoms with E-state index in [2.05, 4.69) is 16.0 Å². The molecule has 3 rings (SSSR count). The van der Waals surface area contributed by atoms with Crippen LogP contribution in [-0.2, 0) is 20.9 Å². The van der Waals surface area contributed by atoms with Crippen molar-refractivity contribution in [1.82, 2.24) is 15.5 Å². The summed E-state index contributed by atoms with van der Waals surface area (Å²) in [5.74, 6) is -1.22. The molecule has 1 heterocycles. The van der Waals surface area contributed by atoms with Gasteiger partial charge in [0.1, 0.15) is 5.60 Å². The molecule has 0 radical (unpaired) electrons. The van der Waals surface area contributed by atoms with Crippen molar-refractivity contribution < 1.29 is 28.7 Å². The monoisotopic (exact) mass is 508 g/mol. The van der Waals surface area contributed by atoms with Crippen LogP contribution in [0, 0.1) is 0 Å². The van der Waals surface area contributed by atoms with Crippen molar-refractivity contribution in [3.8, 4) is 0 Å². The Hall–Kier alpha value is -4.21. The SMILES string of the molecule is CC(C)(C)OC(=O)NCCC(=O)NCc1ccccc1NC(=O)CCCN1C(=O)c2ccccc2C1=O. The van der Waals surface area contributed by atoms with Crippen molar-refractivity contribution in [2.24, 2.45) is 0 Å². The van der Waals surface area contributed by atoms with Gasteiger partial charge in [-0.1, -0.05) is 30.3 Å². The quantitative estimate of drug-likeness (QED) is 0.422. The van der Waals surface area contributed by atoms with Crippen LogP contribution < -0.4 is 16.0 Å². The highest BCUT2D eigenvalue weighted by Crippen LogP contribution is 2.23. The van der Waals surface area contributed by atoms with Crippen molar-refractivity contribution in [3.05, 3.63) is 65.2 Å². The van der Waals surface area contributed by atoms with Crippen molar-refractivity contribution in [2.75, 3.05) is 18.4 Å². The number of amides is 5. The number of rotatable bonds is 10. The zero-order valence-electron chi connectivity index (χ0n) is 21.3. The Kier molecular flexibility index (Phi) is 9.00. The van der Waals surface area contributed by atoms with Gasteiger partial charge in [0.15, 0.2) is 0 Å². The van der Waals surface area contributed by atoms with Gasteiger partial charge in [-0.25, -0.2) is 4.79 Å². The van der Waals surface area contributed by atoms with Crippen LogP contribution in [0.4, 0.5) is 10.5 Å². The lowest BCUT2D eigenvalue weighted by atomic mass is 10.1. The van der Waals surface area contributed by atoms with Crippen molar-refractivity contribution in [3.63, 3.8) is 0 Å². The topological polar surface area (TPSA) is 134 Å². The molecule has 2 aromatic rings. The van der Waals surface area contributed by atoms with E-state index in [1.54, 1.807) is 69.3 Å². The molecule has 0 bridgehead atoms. The molecule has 10 nitrogen and oxygen atoms in total. The van der Waals surface area contributed by atoms with E-state index >= 15 is 0 Å². The number of hydrogen-bond acceptors (Lipinski definition) is 6. The minimum atomic E-state index is -0.616. The lowest BCUT2D eigenvalue weighted by Crippen LogP contribution is -2.35. The highest BCUT2D eigenvalue weighted by molar-refractivity contribution is 6.21. The standard InChI is InChI=1S/C27H32N4O6/c1-27(2,3)37-26(36)28-15-14-22(32)29-17-18-9-4-7-12-21(18)30-23(33)13-8-16-31-24(34)19-10-5-6-11-20(19)25(31)35/h4-7,9-12H,8,13-17H2,1-3H3,(H,28,36)(H,29,32)(H,30,33). The van der Waals surface area contributed by atoms with Gasteiger partial charge in [-0.3, -0.25) is 24.1 Å². The van der Waals surface area contributed by atoms with E-state index < -0.39 is 11.7 Å². The number of nitrogens with zero attached hydrogens (tertiary/aromatic N) is 1. The summed E-state index contributed by atoms with van der Waals surface area (Å²) in [6.45, 7) is 5.73. The third kappa shape index (κ3) is 7.89. The summed E-state index contributed by atoms with van der Waals surface area (Å²) in [6.07, 6.45) is -0.0759. The zero-order valence-corrected chi connectivity index (χ0v) is 21.3. The van der Waals surface area contributed by atoms with Gasteiger partial charge in [0.05, 0.1) is 11.1 Å². The van der Waals surface area contributed by atoms with Gasteiger partial charge in [0.2, 0.25) is 11.8 Å². The molecular formula is C27H32N4O6. The number of anilines is 1. The number of ether oxygens (including phenoxy) is 1. The number of carbonyl (C=O) groups excluding carboxylic acids is 5. The Morgan fingerprint density at radius 3 is 2.11 bits per heavy atom. The first-order chi connectivity index (χ1) is 17.5. The van der Waals surface area contributed by atoms with Gasteiger partial charge in [-0.2, -0.15) is 0 Å². The summed E-state index contributed by atoms with van der Waals surface area (Å²) in [7, 11) is 0.